The Hall–Kier alpha value is -1.78. The lowest BCUT2D eigenvalue weighted by Gasteiger charge is -2.16. The molecule has 2 atom stereocenters. The van der Waals surface area contributed by atoms with Crippen molar-refractivity contribution in [2.24, 2.45) is 0 Å². The van der Waals surface area contributed by atoms with Gasteiger partial charge in [0.15, 0.2) is 9.84 Å². The van der Waals surface area contributed by atoms with E-state index in [4.69, 9.17) is 14.7 Å². The largest absolute Gasteiger partial charge is 0.497 e. The van der Waals surface area contributed by atoms with Crippen molar-refractivity contribution in [2.75, 3.05) is 18.6 Å². The SMILES string of the molecule is COc1cc(C#N)cc(OC2CS(=O)(=O)CC2O)c1. The maximum Gasteiger partial charge on any atom is 0.156 e. The van der Waals surface area contributed by atoms with E-state index in [1.165, 1.54) is 19.2 Å². The maximum absolute atomic E-state index is 11.4. The molecule has 0 aliphatic carbocycles. The topological polar surface area (TPSA) is 96.6 Å². The van der Waals surface area contributed by atoms with Gasteiger partial charge >= 0.3 is 0 Å². The number of nitriles is 1. The first-order chi connectivity index (χ1) is 8.93. The molecule has 19 heavy (non-hydrogen) atoms. The number of ether oxygens (including phenoxy) is 2. The second-order valence-corrected chi connectivity index (χ2v) is 6.46. The highest BCUT2D eigenvalue weighted by Gasteiger charge is 2.38. The van der Waals surface area contributed by atoms with Crippen LogP contribution in [0.3, 0.4) is 0 Å². The molecule has 1 aromatic carbocycles. The number of nitrogens with zero attached hydrogens (tertiary/aromatic N) is 1. The quantitative estimate of drug-likeness (QED) is 0.845. The van der Waals surface area contributed by atoms with E-state index in [2.05, 4.69) is 0 Å². The summed E-state index contributed by atoms with van der Waals surface area (Å²) in [5.74, 6) is 0.210. The van der Waals surface area contributed by atoms with Crippen LogP contribution in [0.2, 0.25) is 0 Å². The molecule has 7 heteroatoms. The number of methoxy groups -OCH3 is 1. The van der Waals surface area contributed by atoms with E-state index in [1.54, 1.807) is 6.07 Å². The van der Waals surface area contributed by atoms with Crippen LogP contribution >= 0.6 is 0 Å². The van der Waals surface area contributed by atoms with Crippen LogP contribution in [0, 0.1) is 11.3 Å². The first-order valence-corrected chi connectivity index (χ1v) is 7.40. The third kappa shape index (κ3) is 3.16. The van der Waals surface area contributed by atoms with Crippen molar-refractivity contribution in [3.05, 3.63) is 23.8 Å². The predicted octanol–water partition coefficient (Wildman–Crippen LogP) is 0.104. The molecular formula is C12H13NO5S. The first-order valence-electron chi connectivity index (χ1n) is 5.58. The lowest BCUT2D eigenvalue weighted by atomic mass is 10.2. The van der Waals surface area contributed by atoms with Crippen LogP contribution in [0.5, 0.6) is 11.5 Å². The van der Waals surface area contributed by atoms with Gasteiger partial charge in [-0.25, -0.2) is 8.42 Å². The number of aliphatic hydroxyl groups excluding tert-OH is 1. The molecule has 1 fully saturated rings. The Kier molecular flexibility index (Phi) is 3.64. The van der Waals surface area contributed by atoms with E-state index in [0.29, 0.717) is 17.1 Å². The molecule has 1 heterocycles. The lowest BCUT2D eigenvalue weighted by molar-refractivity contribution is 0.0736. The lowest BCUT2D eigenvalue weighted by Crippen LogP contribution is -2.29. The molecule has 6 nitrogen and oxygen atoms in total. The molecule has 1 N–H and O–H groups in total. The average molecular weight is 283 g/mol. The Balaban J connectivity index is 2.22. The van der Waals surface area contributed by atoms with Crippen LogP contribution in [0.25, 0.3) is 0 Å². The van der Waals surface area contributed by atoms with Crippen LogP contribution in [0.15, 0.2) is 18.2 Å². The zero-order valence-electron chi connectivity index (χ0n) is 10.2. The maximum atomic E-state index is 11.4. The second-order valence-electron chi connectivity index (χ2n) is 4.31. The Labute approximate surface area is 111 Å². The van der Waals surface area contributed by atoms with Crippen molar-refractivity contribution in [1.82, 2.24) is 0 Å². The van der Waals surface area contributed by atoms with E-state index in [-0.39, 0.29) is 11.5 Å². The summed E-state index contributed by atoms with van der Waals surface area (Å²) < 4.78 is 33.2. The minimum absolute atomic E-state index is 0.229. The van der Waals surface area contributed by atoms with E-state index in [0.717, 1.165) is 0 Å². The van der Waals surface area contributed by atoms with E-state index in [9.17, 15) is 13.5 Å². The molecule has 102 valence electrons. The molecule has 1 aliphatic heterocycles. The van der Waals surface area contributed by atoms with Crippen LogP contribution in [0.1, 0.15) is 5.56 Å². The molecular weight excluding hydrogens is 270 g/mol. The van der Waals surface area contributed by atoms with Gasteiger partial charge in [-0.15, -0.1) is 0 Å². The Morgan fingerprint density at radius 1 is 1.32 bits per heavy atom. The van der Waals surface area contributed by atoms with Gasteiger partial charge in [0.25, 0.3) is 0 Å². The number of hydrogen-bond donors (Lipinski definition) is 1. The predicted molar refractivity (Wildman–Crippen MR) is 66.8 cm³/mol. The fourth-order valence-electron chi connectivity index (χ4n) is 1.91. The van der Waals surface area contributed by atoms with Crippen LogP contribution < -0.4 is 9.47 Å². The Bertz CT molecular complexity index is 619. The highest BCUT2D eigenvalue weighted by atomic mass is 32.2. The third-order valence-electron chi connectivity index (χ3n) is 2.80. The number of aliphatic hydroxyl groups is 1. The van der Waals surface area contributed by atoms with Gasteiger partial charge in [-0.05, 0) is 12.1 Å². The van der Waals surface area contributed by atoms with Crippen molar-refractivity contribution in [3.8, 4) is 17.6 Å². The molecule has 0 radical (unpaired) electrons. The number of hydrogen-bond acceptors (Lipinski definition) is 6. The average Bonchev–Trinajstić information content (AvgIpc) is 2.61. The minimum atomic E-state index is -3.27. The highest BCUT2D eigenvalue weighted by molar-refractivity contribution is 7.91. The Morgan fingerprint density at radius 2 is 2.00 bits per heavy atom. The van der Waals surface area contributed by atoms with Gasteiger partial charge < -0.3 is 14.6 Å². The van der Waals surface area contributed by atoms with Crippen molar-refractivity contribution >= 4 is 9.84 Å². The molecule has 1 aromatic rings. The highest BCUT2D eigenvalue weighted by Crippen LogP contribution is 2.26. The van der Waals surface area contributed by atoms with Crippen molar-refractivity contribution in [2.45, 2.75) is 12.2 Å². The van der Waals surface area contributed by atoms with Gasteiger partial charge in [0.2, 0.25) is 0 Å². The molecule has 1 saturated heterocycles. The number of rotatable bonds is 3. The third-order valence-corrected chi connectivity index (χ3v) is 4.49. The summed E-state index contributed by atoms with van der Waals surface area (Å²) in [7, 11) is -1.81. The zero-order valence-corrected chi connectivity index (χ0v) is 11.1. The van der Waals surface area contributed by atoms with Gasteiger partial charge in [0.05, 0.1) is 30.2 Å². The summed E-state index contributed by atoms with van der Waals surface area (Å²) in [6, 6.07) is 6.50. The molecule has 0 amide bonds. The number of sulfone groups is 1. The second kappa shape index (κ2) is 5.07. The summed E-state index contributed by atoms with van der Waals surface area (Å²) in [4.78, 5) is 0. The minimum Gasteiger partial charge on any atom is -0.497 e. The van der Waals surface area contributed by atoms with Crippen LogP contribution in [-0.2, 0) is 9.84 Å². The molecule has 0 spiro atoms. The normalized spacial score (nSPS) is 24.7. The van der Waals surface area contributed by atoms with E-state index >= 15 is 0 Å². The fraction of sp³-hybridized carbons (Fsp3) is 0.417. The molecule has 1 aliphatic rings. The summed E-state index contributed by atoms with van der Waals surface area (Å²) in [6.45, 7) is 0. The molecule has 0 saturated carbocycles. The number of benzene rings is 1. The van der Waals surface area contributed by atoms with Crippen LogP contribution in [-0.4, -0.2) is 44.3 Å². The molecule has 0 bridgehead atoms. The van der Waals surface area contributed by atoms with Gasteiger partial charge in [0, 0.05) is 6.07 Å². The smallest absolute Gasteiger partial charge is 0.156 e. The molecule has 2 rings (SSSR count). The zero-order chi connectivity index (χ0) is 14.0. The van der Waals surface area contributed by atoms with Crippen molar-refractivity contribution < 1.29 is 23.0 Å². The van der Waals surface area contributed by atoms with E-state index < -0.39 is 22.0 Å². The van der Waals surface area contributed by atoms with Gasteiger partial charge in [-0.1, -0.05) is 0 Å². The first kappa shape index (κ1) is 13.6. The Morgan fingerprint density at radius 3 is 2.53 bits per heavy atom. The van der Waals surface area contributed by atoms with Gasteiger partial charge in [0.1, 0.15) is 23.7 Å². The van der Waals surface area contributed by atoms with Gasteiger partial charge in [-0.3, -0.25) is 0 Å². The standard InChI is InChI=1S/C12H13NO5S/c1-17-9-2-8(5-13)3-10(4-9)18-12-7-19(15,16)6-11(12)14/h2-4,11-12,14H,6-7H2,1H3. The summed E-state index contributed by atoms with van der Waals surface area (Å²) >= 11 is 0. The van der Waals surface area contributed by atoms with Crippen molar-refractivity contribution in [3.63, 3.8) is 0 Å². The van der Waals surface area contributed by atoms with Crippen LogP contribution in [0.4, 0.5) is 0 Å². The monoisotopic (exact) mass is 283 g/mol. The molecule has 0 aromatic heterocycles. The van der Waals surface area contributed by atoms with Crippen molar-refractivity contribution in [1.29, 1.82) is 5.26 Å². The van der Waals surface area contributed by atoms with Gasteiger partial charge in [-0.2, -0.15) is 5.26 Å². The fourth-order valence-corrected chi connectivity index (χ4v) is 3.57. The summed E-state index contributed by atoms with van der Waals surface area (Å²) in [5.41, 5.74) is 0.338. The molecule has 2 unspecified atom stereocenters. The summed E-state index contributed by atoms with van der Waals surface area (Å²) in [5, 5.41) is 18.5. The van der Waals surface area contributed by atoms with E-state index in [1.807, 2.05) is 6.07 Å². The summed E-state index contributed by atoms with van der Waals surface area (Å²) in [6.07, 6.45) is -1.87.